The van der Waals surface area contributed by atoms with Crippen molar-refractivity contribution in [2.75, 3.05) is 6.54 Å². The Morgan fingerprint density at radius 2 is 2.57 bits per heavy atom. The Balaban J connectivity index is 2.56. The van der Waals surface area contributed by atoms with Gasteiger partial charge in [0.2, 0.25) is 0 Å². The van der Waals surface area contributed by atoms with Crippen LogP contribution >= 0.6 is 11.9 Å². The molecule has 1 nitrogen and oxygen atoms in total. The highest BCUT2D eigenvalue weighted by atomic mass is 32.2. The van der Waals surface area contributed by atoms with Crippen molar-refractivity contribution < 1.29 is 0 Å². The lowest BCUT2D eigenvalue weighted by molar-refractivity contribution is 0.880. The van der Waals surface area contributed by atoms with E-state index in [0.29, 0.717) is 0 Å². The quantitative estimate of drug-likeness (QED) is 0.445. The van der Waals surface area contributed by atoms with E-state index < -0.39 is 0 Å². The topological polar surface area (TPSA) is 12.0 Å². The van der Waals surface area contributed by atoms with Crippen LogP contribution in [0.3, 0.4) is 0 Å². The van der Waals surface area contributed by atoms with Gasteiger partial charge in [-0.1, -0.05) is 25.5 Å². The molecule has 0 saturated heterocycles. The highest BCUT2D eigenvalue weighted by Crippen LogP contribution is 1.90. The molecule has 7 heavy (non-hydrogen) atoms. The number of hydrogen-bond donors (Lipinski definition) is 1. The molecule has 0 aliphatic heterocycles. The van der Waals surface area contributed by atoms with Crippen LogP contribution in [0.4, 0.5) is 0 Å². The summed E-state index contributed by atoms with van der Waals surface area (Å²) in [6.07, 6.45) is 1.18. The molecule has 0 rings (SSSR count). The van der Waals surface area contributed by atoms with Crippen LogP contribution < -0.4 is 4.72 Å². The molecule has 0 radical (unpaired) electrons. The second-order valence-corrected chi connectivity index (χ2v) is 2.04. The normalized spacial score (nSPS) is 8.71. The summed E-state index contributed by atoms with van der Waals surface area (Å²) in [6.45, 7) is 6.73. The van der Waals surface area contributed by atoms with Crippen molar-refractivity contribution in [2.24, 2.45) is 0 Å². The molecule has 0 unspecified atom stereocenters. The standard InChI is InChI=1S/C5H11NS/c1-3-5-6-7-4-2/h4,6H,2-3,5H2,1H3. The molecule has 0 saturated carbocycles. The average Bonchev–Trinajstić information content (AvgIpc) is 1.69. The Morgan fingerprint density at radius 3 is 3.00 bits per heavy atom. The Labute approximate surface area is 49.3 Å². The minimum absolute atomic E-state index is 1.07. The molecular weight excluding hydrogens is 106 g/mol. The lowest BCUT2D eigenvalue weighted by Gasteiger charge is -1.92. The van der Waals surface area contributed by atoms with E-state index in [1.807, 2.05) is 0 Å². The van der Waals surface area contributed by atoms with Gasteiger partial charge in [0.15, 0.2) is 0 Å². The summed E-state index contributed by atoms with van der Waals surface area (Å²) in [5, 5.41) is 1.79. The minimum Gasteiger partial charge on any atom is -0.260 e. The van der Waals surface area contributed by atoms with E-state index in [9.17, 15) is 0 Å². The van der Waals surface area contributed by atoms with Gasteiger partial charge >= 0.3 is 0 Å². The fourth-order valence-corrected chi connectivity index (χ4v) is 0.660. The average molecular weight is 117 g/mol. The SMILES string of the molecule is C=CSNCCC. The van der Waals surface area contributed by atoms with E-state index in [0.717, 1.165) is 6.54 Å². The zero-order valence-corrected chi connectivity index (χ0v) is 5.42. The van der Waals surface area contributed by atoms with Gasteiger partial charge in [0.25, 0.3) is 0 Å². The monoisotopic (exact) mass is 117 g/mol. The van der Waals surface area contributed by atoms with Crippen molar-refractivity contribution in [1.29, 1.82) is 0 Å². The van der Waals surface area contributed by atoms with Crippen LogP contribution in [-0.2, 0) is 0 Å². The number of hydrogen-bond acceptors (Lipinski definition) is 2. The molecule has 0 atom stereocenters. The van der Waals surface area contributed by atoms with Gasteiger partial charge in [-0.05, 0) is 11.8 Å². The molecule has 0 aromatic carbocycles. The van der Waals surface area contributed by atoms with Crippen molar-refractivity contribution in [1.82, 2.24) is 4.72 Å². The molecule has 0 fully saturated rings. The van der Waals surface area contributed by atoms with E-state index in [1.165, 1.54) is 6.42 Å². The summed E-state index contributed by atoms with van der Waals surface area (Å²) in [7, 11) is 0. The van der Waals surface area contributed by atoms with Crippen LogP contribution in [0.15, 0.2) is 12.0 Å². The third-order valence-electron chi connectivity index (χ3n) is 0.519. The van der Waals surface area contributed by atoms with Gasteiger partial charge in [0, 0.05) is 6.54 Å². The van der Waals surface area contributed by atoms with Crippen LogP contribution in [0, 0.1) is 0 Å². The summed E-state index contributed by atoms with van der Waals surface area (Å²) in [5.41, 5.74) is 0. The maximum absolute atomic E-state index is 3.53. The second kappa shape index (κ2) is 6.05. The van der Waals surface area contributed by atoms with Crippen molar-refractivity contribution in [3.8, 4) is 0 Å². The highest BCUT2D eigenvalue weighted by Gasteiger charge is 1.74. The number of rotatable bonds is 4. The van der Waals surface area contributed by atoms with Crippen LogP contribution in [0.25, 0.3) is 0 Å². The first kappa shape index (κ1) is 7.05. The maximum atomic E-state index is 3.53. The summed E-state index contributed by atoms with van der Waals surface area (Å²) in [5.74, 6) is 0. The van der Waals surface area contributed by atoms with Crippen molar-refractivity contribution in [3.05, 3.63) is 12.0 Å². The Morgan fingerprint density at radius 1 is 1.86 bits per heavy atom. The first-order valence-electron chi connectivity index (χ1n) is 2.41. The molecule has 0 aromatic heterocycles. The fourth-order valence-electron chi connectivity index (χ4n) is 0.220. The Bertz CT molecular complexity index is 45.3. The van der Waals surface area contributed by atoms with Crippen molar-refractivity contribution in [2.45, 2.75) is 13.3 Å². The lowest BCUT2D eigenvalue weighted by Crippen LogP contribution is -2.00. The van der Waals surface area contributed by atoms with Gasteiger partial charge < -0.3 is 0 Å². The van der Waals surface area contributed by atoms with E-state index >= 15 is 0 Å². The predicted octanol–water partition coefficient (Wildman–Crippen LogP) is 1.78. The zero-order chi connectivity index (χ0) is 5.54. The largest absolute Gasteiger partial charge is 0.260 e. The summed E-state index contributed by atoms with van der Waals surface area (Å²) in [4.78, 5) is 0. The molecule has 0 aliphatic rings. The van der Waals surface area contributed by atoms with Gasteiger partial charge in [-0.25, -0.2) is 0 Å². The maximum Gasteiger partial charge on any atom is 0.00589 e. The summed E-state index contributed by atoms with van der Waals surface area (Å²) < 4.78 is 3.08. The Hall–Kier alpha value is 0.0500. The molecule has 1 N–H and O–H groups in total. The third-order valence-corrected chi connectivity index (χ3v) is 1.06. The molecule has 2 heteroatoms. The molecule has 0 aromatic rings. The van der Waals surface area contributed by atoms with Crippen LogP contribution in [0.5, 0.6) is 0 Å². The third kappa shape index (κ3) is 6.05. The highest BCUT2D eigenvalue weighted by molar-refractivity contribution is 8.00. The predicted molar refractivity (Wildman–Crippen MR) is 36.1 cm³/mol. The van der Waals surface area contributed by atoms with Crippen molar-refractivity contribution in [3.63, 3.8) is 0 Å². The van der Waals surface area contributed by atoms with E-state index in [1.54, 1.807) is 17.4 Å². The van der Waals surface area contributed by atoms with Gasteiger partial charge in [0.05, 0.1) is 0 Å². The van der Waals surface area contributed by atoms with Crippen molar-refractivity contribution >= 4 is 11.9 Å². The molecule has 0 spiro atoms. The fraction of sp³-hybridized carbons (Fsp3) is 0.600. The zero-order valence-electron chi connectivity index (χ0n) is 4.61. The van der Waals surface area contributed by atoms with E-state index in [2.05, 4.69) is 18.2 Å². The first-order valence-corrected chi connectivity index (χ1v) is 3.29. The Kier molecular flexibility index (Phi) is 6.09. The molecule has 0 bridgehead atoms. The molecular formula is C5H11NS. The van der Waals surface area contributed by atoms with Crippen LogP contribution in [0.1, 0.15) is 13.3 Å². The molecule has 0 aliphatic carbocycles. The van der Waals surface area contributed by atoms with Gasteiger partial charge in [-0.3, -0.25) is 4.72 Å². The van der Waals surface area contributed by atoms with E-state index in [-0.39, 0.29) is 0 Å². The van der Waals surface area contributed by atoms with Crippen LogP contribution in [-0.4, -0.2) is 6.54 Å². The summed E-state index contributed by atoms with van der Waals surface area (Å²) >= 11 is 1.55. The smallest absolute Gasteiger partial charge is 0.00589 e. The molecule has 42 valence electrons. The second-order valence-electron chi connectivity index (χ2n) is 1.18. The van der Waals surface area contributed by atoms with E-state index in [4.69, 9.17) is 0 Å². The first-order chi connectivity index (χ1) is 3.41. The minimum atomic E-state index is 1.07. The van der Waals surface area contributed by atoms with Crippen LogP contribution in [0.2, 0.25) is 0 Å². The lowest BCUT2D eigenvalue weighted by atomic mass is 10.5. The summed E-state index contributed by atoms with van der Waals surface area (Å²) in [6, 6.07) is 0. The molecule has 0 heterocycles. The van der Waals surface area contributed by atoms with Gasteiger partial charge in [0.1, 0.15) is 0 Å². The number of nitrogens with one attached hydrogen (secondary N) is 1. The van der Waals surface area contributed by atoms with Gasteiger partial charge in [-0.2, -0.15) is 0 Å². The van der Waals surface area contributed by atoms with Gasteiger partial charge in [-0.15, -0.1) is 0 Å². The molecule has 0 amide bonds.